The monoisotopic (exact) mass is 498 g/mol. The van der Waals surface area contributed by atoms with Gasteiger partial charge in [-0.1, -0.05) is 43.3 Å². The van der Waals surface area contributed by atoms with Crippen molar-refractivity contribution in [3.8, 4) is 5.75 Å². The average Bonchev–Trinajstić information content (AvgIpc) is 3.28. The Morgan fingerprint density at radius 3 is 2.06 bits per heavy atom. The van der Waals surface area contributed by atoms with Gasteiger partial charge in [0, 0.05) is 0 Å². The lowest BCUT2D eigenvalue weighted by atomic mass is 10.1. The predicted molar refractivity (Wildman–Crippen MR) is 124 cm³/mol. The zero-order chi connectivity index (χ0) is 26.2. The van der Waals surface area contributed by atoms with E-state index in [0.717, 1.165) is 24.6 Å². The number of benzene rings is 2. The molecule has 10 heteroatoms. The molecular formula is C25H24F6N2O2. The van der Waals surface area contributed by atoms with Crippen LogP contribution < -0.4 is 4.74 Å². The molecule has 0 spiro atoms. The second-order valence-corrected chi connectivity index (χ2v) is 7.35. The SMILES string of the molecule is C=C(N=C(OC)C1=NCC(C(F)(F)F)=C1)c1ccc(OC(F)(F)F)cc1.CCc1ccc(C)cc1. The summed E-state index contributed by atoms with van der Waals surface area (Å²) in [5.41, 5.74) is 2.21. The second kappa shape index (κ2) is 11.7. The highest BCUT2D eigenvalue weighted by Gasteiger charge is 2.36. The van der Waals surface area contributed by atoms with Crippen LogP contribution >= 0.6 is 0 Å². The highest BCUT2D eigenvalue weighted by atomic mass is 19.4. The van der Waals surface area contributed by atoms with Crippen molar-refractivity contribution in [3.05, 3.63) is 83.4 Å². The molecule has 3 rings (SSSR count). The zero-order valence-corrected chi connectivity index (χ0v) is 19.3. The van der Waals surface area contributed by atoms with E-state index < -0.39 is 30.4 Å². The summed E-state index contributed by atoms with van der Waals surface area (Å²) < 4.78 is 83.0. The van der Waals surface area contributed by atoms with E-state index in [-0.39, 0.29) is 17.3 Å². The van der Waals surface area contributed by atoms with Crippen molar-refractivity contribution in [2.24, 2.45) is 9.98 Å². The molecule has 1 heterocycles. The summed E-state index contributed by atoms with van der Waals surface area (Å²) in [4.78, 5) is 7.68. The first kappa shape index (κ1) is 27.7. The van der Waals surface area contributed by atoms with E-state index in [1.807, 2.05) is 0 Å². The molecule has 1 aliphatic rings. The van der Waals surface area contributed by atoms with E-state index in [4.69, 9.17) is 4.74 Å². The lowest BCUT2D eigenvalue weighted by molar-refractivity contribution is -0.274. The summed E-state index contributed by atoms with van der Waals surface area (Å²) in [6, 6.07) is 13.3. The van der Waals surface area contributed by atoms with Crippen molar-refractivity contribution < 1.29 is 35.8 Å². The van der Waals surface area contributed by atoms with Crippen LogP contribution in [0, 0.1) is 6.92 Å². The molecular weight excluding hydrogens is 474 g/mol. The first-order chi connectivity index (χ1) is 16.3. The molecule has 0 aliphatic carbocycles. The van der Waals surface area contributed by atoms with E-state index >= 15 is 0 Å². The van der Waals surface area contributed by atoms with Gasteiger partial charge in [-0.2, -0.15) is 13.2 Å². The zero-order valence-electron chi connectivity index (χ0n) is 19.3. The highest BCUT2D eigenvalue weighted by molar-refractivity contribution is 6.44. The third-order valence-electron chi connectivity index (χ3n) is 4.69. The third kappa shape index (κ3) is 8.95. The topological polar surface area (TPSA) is 43.2 Å². The van der Waals surface area contributed by atoms with Gasteiger partial charge < -0.3 is 9.47 Å². The molecule has 0 bridgehead atoms. The maximum Gasteiger partial charge on any atom is 0.573 e. The average molecular weight is 498 g/mol. The Hall–Kier alpha value is -3.56. The molecule has 2 aromatic rings. The summed E-state index contributed by atoms with van der Waals surface area (Å²) in [6.45, 7) is 7.37. The molecule has 4 nitrogen and oxygen atoms in total. The van der Waals surface area contributed by atoms with Gasteiger partial charge in [0.1, 0.15) is 11.5 Å². The molecule has 0 amide bonds. The molecule has 0 radical (unpaired) electrons. The molecule has 1 aliphatic heterocycles. The number of aryl methyl sites for hydroxylation is 2. The maximum absolute atomic E-state index is 12.7. The van der Waals surface area contributed by atoms with Crippen molar-refractivity contribution in [2.45, 2.75) is 32.8 Å². The van der Waals surface area contributed by atoms with Crippen LogP contribution in [0.4, 0.5) is 26.3 Å². The number of rotatable bonds is 5. The number of methoxy groups -OCH3 is 1. The van der Waals surface area contributed by atoms with Gasteiger partial charge in [-0.3, -0.25) is 4.99 Å². The summed E-state index contributed by atoms with van der Waals surface area (Å²) in [7, 11) is 1.20. The van der Waals surface area contributed by atoms with Crippen LogP contribution in [0.3, 0.4) is 0 Å². The van der Waals surface area contributed by atoms with Gasteiger partial charge in [-0.25, -0.2) is 4.99 Å². The highest BCUT2D eigenvalue weighted by Crippen LogP contribution is 2.29. The molecule has 35 heavy (non-hydrogen) atoms. The van der Waals surface area contributed by atoms with Crippen molar-refractivity contribution in [1.29, 1.82) is 0 Å². The predicted octanol–water partition coefficient (Wildman–Crippen LogP) is 7.10. The third-order valence-corrected chi connectivity index (χ3v) is 4.69. The number of hydrogen-bond donors (Lipinski definition) is 0. The lowest BCUT2D eigenvalue weighted by Gasteiger charge is -2.09. The second-order valence-electron chi connectivity index (χ2n) is 7.35. The lowest BCUT2D eigenvalue weighted by Crippen LogP contribution is -2.17. The first-order valence-electron chi connectivity index (χ1n) is 10.4. The van der Waals surface area contributed by atoms with Crippen LogP contribution in [0.25, 0.3) is 5.70 Å². The molecule has 0 N–H and O–H groups in total. The number of halogens is 6. The Morgan fingerprint density at radius 2 is 1.60 bits per heavy atom. The van der Waals surface area contributed by atoms with Gasteiger partial charge >= 0.3 is 12.5 Å². The molecule has 0 unspecified atom stereocenters. The molecule has 188 valence electrons. The normalized spacial score (nSPS) is 13.9. The quantitative estimate of drug-likeness (QED) is 0.251. The van der Waals surface area contributed by atoms with Crippen LogP contribution in [-0.2, 0) is 11.2 Å². The molecule has 0 atom stereocenters. The van der Waals surface area contributed by atoms with E-state index in [1.165, 1.54) is 30.4 Å². The number of hydrogen-bond acceptors (Lipinski definition) is 4. The van der Waals surface area contributed by atoms with Gasteiger partial charge in [0.05, 0.1) is 24.9 Å². The van der Waals surface area contributed by atoms with E-state index in [0.29, 0.717) is 5.56 Å². The fourth-order valence-corrected chi connectivity index (χ4v) is 2.79. The van der Waals surface area contributed by atoms with Crippen LogP contribution in [0.15, 0.2) is 76.7 Å². The smallest absolute Gasteiger partial charge is 0.479 e. The van der Waals surface area contributed by atoms with Crippen LogP contribution in [0.1, 0.15) is 23.6 Å². The minimum atomic E-state index is -4.82. The van der Waals surface area contributed by atoms with Crippen LogP contribution in [-0.4, -0.2) is 37.8 Å². The summed E-state index contributed by atoms with van der Waals surface area (Å²) in [5, 5.41) is 0. The minimum Gasteiger partial charge on any atom is -0.479 e. The summed E-state index contributed by atoms with van der Waals surface area (Å²) >= 11 is 0. The van der Waals surface area contributed by atoms with Crippen molar-refractivity contribution >= 4 is 17.3 Å². The Morgan fingerprint density at radius 1 is 1.00 bits per heavy atom. The Bertz CT molecular complexity index is 1100. The van der Waals surface area contributed by atoms with E-state index in [2.05, 4.69) is 59.4 Å². The van der Waals surface area contributed by atoms with Crippen LogP contribution in [0.5, 0.6) is 5.75 Å². The first-order valence-corrected chi connectivity index (χ1v) is 10.4. The number of nitrogens with zero attached hydrogens (tertiary/aromatic N) is 2. The van der Waals surface area contributed by atoms with E-state index in [9.17, 15) is 26.3 Å². The molecule has 0 saturated carbocycles. The van der Waals surface area contributed by atoms with Gasteiger partial charge in [0.15, 0.2) is 0 Å². The maximum atomic E-state index is 12.7. The molecule has 0 aromatic heterocycles. The standard InChI is InChI=1S/C16H12F6N2O2.C9H12/c1-9(10-3-5-12(6-4-10)26-16(20,21)22)24-14(25-2)13-7-11(8-23-13)15(17,18)19;1-3-9-6-4-8(2)5-7-9/h3-7H,1,8H2,2H3;4-7H,3H2,1-2H3. The molecule has 2 aromatic carbocycles. The fourth-order valence-electron chi connectivity index (χ4n) is 2.79. The molecule has 0 saturated heterocycles. The Balaban J connectivity index is 0.000000402. The van der Waals surface area contributed by atoms with Gasteiger partial charge in [0.2, 0.25) is 5.90 Å². The molecule has 0 fully saturated rings. The van der Waals surface area contributed by atoms with E-state index in [1.54, 1.807) is 0 Å². The summed E-state index contributed by atoms with van der Waals surface area (Å²) in [6.07, 6.45) is -7.37. The van der Waals surface area contributed by atoms with Crippen molar-refractivity contribution in [1.82, 2.24) is 0 Å². The Labute approximate surface area is 199 Å². The van der Waals surface area contributed by atoms with Gasteiger partial charge in [0.25, 0.3) is 0 Å². The minimum absolute atomic E-state index is 0.0666. The largest absolute Gasteiger partial charge is 0.573 e. The van der Waals surface area contributed by atoms with Gasteiger partial charge in [-0.05, 0) is 54.8 Å². The fraction of sp³-hybridized carbons (Fsp3) is 0.280. The van der Waals surface area contributed by atoms with Crippen molar-refractivity contribution in [3.63, 3.8) is 0 Å². The van der Waals surface area contributed by atoms with Gasteiger partial charge in [-0.15, -0.1) is 13.2 Å². The van der Waals surface area contributed by atoms with Crippen molar-refractivity contribution in [2.75, 3.05) is 13.7 Å². The Kier molecular flexibility index (Phi) is 9.27. The number of aliphatic imine (C=N–C) groups is 2. The number of ether oxygens (including phenoxy) is 2. The number of alkyl halides is 6. The van der Waals surface area contributed by atoms with Crippen LogP contribution in [0.2, 0.25) is 0 Å². The summed E-state index contributed by atoms with van der Waals surface area (Å²) in [5.74, 6) is -0.618.